The van der Waals surface area contributed by atoms with E-state index in [9.17, 15) is 4.39 Å². The minimum Gasteiger partial charge on any atom is -0.337 e. The van der Waals surface area contributed by atoms with Crippen molar-refractivity contribution in [2.24, 2.45) is 9.98 Å². The van der Waals surface area contributed by atoms with Crippen molar-refractivity contribution in [3.8, 4) is 5.69 Å². The topological polar surface area (TPSA) is 57.8 Å². The Kier molecular flexibility index (Phi) is 5.91. The maximum atomic E-state index is 13.9. The summed E-state index contributed by atoms with van der Waals surface area (Å²) in [5.41, 5.74) is 6.03. The number of halogens is 3. The molecule has 1 atom stereocenters. The Hall–Kier alpha value is -4.46. The van der Waals surface area contributed by atoms with Crippen LogP contribution in [0.15, 0.2) is 107 Å². The Morgan fingerprint density at radius 3 is 2.38 bits per heavy atom. The van der Waals surface area contributed by atoms with E-state index < -0.39 is 5.82 Å². The third-order valence-electron chi connectivity index (χ3n) is 7.01. The minimum atomic E-state index is -0.491. The number of anilines is 2. The van der Waals surface area contributed by atoms with Gasteiger partial charge in [-0.3, -0.25) is 0 Å². The second-order valence-electron chi connectivity index (χ2n) is 9.53. The third-order valence-corrected chi connectivity index (χ3v) is 7.55. The lowest BCUT2D eigenvalue weighted by molar-refractivity contribution is 0.628. The summed E-state index contributed by atoms with van der Waals surface area (Å²) < 4.78 is 15.8. The van der Waals surface area contributed by atoms with Crippen molar-refractivity contribution in [1.29, 1.82) is 0 Å². The van der Waals surface area contributed by atoms with Crippen molar-refractivity contribution < 1.29 is 4.39 Å². The minimum absolute atomic E-state index is 0.0170. The number of amidine groups is 2. The highest BCUT2D eigenvalue weighted by molar-refractivity contribution is 6.51. The van der Waals surface area contributed by atoms with Crippen molar-refractivity contribution >= 4 is 57.8 Å². The van der Waals surface area contributed by atoms with Gasteiger partial charge in [-0.25, -0.2) is 19.1 Å². The zero-order valence-corrected chi connectivity index (χ0v) is 22.7. The number of nitrogens with zero attached hydrogens (tertiary/aromatic N) is 5. The Morgan fingerprint density at radius 2 is 1.60 bits per heavy atom. The molecule has 5 aromatic rings. The Labute approximate surface area is 240 Å². The van der Waals surface area contributed by atoms with Gasteiger partial charge in [0.25, 0.3) is 0 Å². The summed E-state index contributed by atoms with van der Waals surface area (Å²) in [5, 5.41) is 8.95. The average Bonchev–Trinajstić information content (AvgIpc) is 3.31. The monoisotopic (exact) mass is 566 g/mol. The second-order valence-corrected chi connectivity index (χ2v) is 10.4. The van der Waals surface area contributed by atoms with Gasteiger partial charge in [-0.2, -0.15) is 5.10 Å². The first-order chi connectivity index (χ1) is 19.5. The summed E-state index contributed by atoms with van der Waals surface area (Å²) in [5.74, 6) is 1.32. The molecule has 0 bridgehead atoms. The number of hydrogen-bond donors (Lipinski definition) is 1. The van der Waals surface area contributed by atoms with Crippen molar-refractivity contribution in [1.82, 2.24) is 9.78 Å². The molecule has 40 heavy (non-hydrogen) atoms. The van der Waals surface area contributed by atoms with E-state index in [4.69, 9.17) is 38.3 Å². The van der Waals surface area contributed by atoms with Crippen LogP contribution in [0.2, 0.25) is 10.0 Å². The van der Waals surface area contributed by atoms with E-state index in [1.54, 1.807) is 6.07 Å². The largest absolute Gasteiger partial charge is 0.337 e. The number of nitrogens with one attached hydrogen (secondary N) is 1. The molecule has 1 aromatic heterocycles. The molecule has 1 N–H and O–H groups in total. The number of aliphatic imine (C=N–C) groups is 2. The predicted molar refractivity (Wildman–Crippen MR) is 160 cm³/mol. The van der Waals surface area contributed by atoms with Crippen LogP contribution < -0.4 is 10.2 Å². The van der Waals surface area contributed by atoms with Gasteiger partial charge in [-0.05, 0) is 67.1 Å². The van der Waals surface area contributed by atoms with Crippen LogP contribution in [0.4, 0.5) is 27.3 Å². The number of hydrogen-bond acceptors (Lipinski definition) is 5. The Balaban J connectivity index is 1.49. The lowest BCUT2D eigenvalue weighted by Gasteiger charge is -2.40. The first-order valence-electron chi connectivity index (χ1n) is 12.7. The molecule has 0 spiro atoms. The number of rotatable bonds is 3. The number of fused-ring (bicyclic) bond motifs is 4. The van der Waals surface area contributed by atoms with Gasteiger partial charge in [-0.15, -0.1) is 0 Å². The van der Waals surface area contributed by atoms with Crippen molar-refractivity contribution in [2.45, 2.75) is 13.0 Å². The summed E-state index contributed by atoms with van der Waals surface area (Å²) in [6, 6.07) is 29.9. The quantitative estimate of drug-likeness (QED) is 0.238. The summed E-state index contributed by atoms with van der Waals surface area (Å²) in [7, 11) is 0. The molecule has 0 saturated heterocycles. The van der Waals surface area contributed by atoms with Crippen molar-refractivity contribution in [3.05, 3.63) is 130 Å². The molecule has 4 aromatic carbocycles. The van der Waals surface area contributed by atoms with Crippen LogP contribution in [-0.2, 0) is 0 Å². The summed E-state index contributed by atoms with van der Waals surface area (Å²) in [6.45, 7) is 2.01. The number of aromatic nitrogens is 2. The van der Waals surface area contributed by atoms with Gasteiger partial charge < -0.3 is 10.2 Å². The van der Waals surface area contributed by atoms with Crippen LogP contribution in [-0.4, -0.2) is 21.5 Å². The Morgan fingerprint density at radius 1 is 0.850 bits per heavy atom. The molecule has 9 heteroatoms. The number of benzene rings is 4. The van der Waals surface area contributed by atoms with Crippen LogP contribution in [0, 0.1) is 12.7 Å². The molecule has 0 radical (unpaired) electrons. The molecular formula is C31H21Cl2FN6. The number of para-hydroxylation sites is 3. The molecule has 6 nitrogen and oxygen atoms in total. The highest BCUT2D eigenvalue weighted by atomic mass is 35.5. The normalized spacial score (nSPS) is 15.5. The van der Waals surface area contributed by atoms with E-state index in [1.165, 1.54) is 12.1 Å². The average molecular weight is 567 g/mol. The Bertz CT molecular complexity index is 1830. The van der Waals surface area contributed by atoms with E-state index in [0.717, 1.165) is 33.9 Å². The molecule has 2 aliphatic heterocycles. The third kappa shape index (κ3) is 4.06. The SMILES string of the molecule is Cc1nn(-c2ccccc2)c2c1C(c1ccc(Cl)cc1)N1C(=N2)C(Nc2ccc(F)c(Cl)c2)=Nc2ccccc21. The van der Waals surface area contributed by atoms with E-state index in [0.29, 0.717) is 28.2 Å². The van der Waals surface area contributed by atoms with Crippen LogP contribution >= 0.6 is 23.2 Å². The van der Waals surface area contributed by atoms with Gasteiger partial charge >= 0.3 is 0 Å². The van der Waals surface area contributed by atoms with Crippen molar-refractivity contribution in [3.63, 3.8) is 0 Å². The van der Waals surface area contributed by atoms with E-state index >= 15 is 0 Å². The molecule has 0 amide bonds. The summed E-state index contributed by atoms with van der Waals surface area (Å²) in [4.78, 5) is 12.3. The van der Waals surface area contributed by atoms with Gasteiger partial charge in [0.05, 0.1) is 33.8 Å². The molecule has 2 aliphatic rings. The summed E-state index contributed by atoms with van der Waals surface area (Å²) in [6.07, 6.45) is 0. The second kappa shape index (κ2) is 9.62. The van der Waals surface area contributed by atoms with Gasteiger partial charge in [-0.1, -0.05) is 65.7 Å². The molecule has 0 aliphatic carbocycles. The van der Waals surface area contributed by atoms with Gasteiger partial charge in [0.1, 0.15) is 5.82 Å². The molecule has 7 rings (SSSR count). The molecular weight excluding hydrogens is 546 g/mol. The maximum Gasteiger partial charge on any atom is 0.179 e. The van der Waals surface area contributed by atoms with E-state index in [1.807, 2.05) is 90.5 Å². The predicted octanol–water partition coefficient (Wildman–Crippen LogP) is 8.42. The maximum absolute atomic E-state index is 13.9. The first-order valence-corrected chi connectivity index (χ1v) is 13.4. The fraction of sp³-hybridized carbons (Fsp3) is 0.0645. The van der Waals surface area contributed by atoms with Crippen LogP contribution in [0.25, 0.3) is 5.69 Å². The van der Waals surface area contributed by atoms with Gasteiger partial charge in [0, 0.05) is 16.3 Å². The van der Waals surface area contributed by atoms with Gasteiger partial charge in [0.2, 0.25) is 0 Å². The van der Waals surface area contributed by atoms with Crippen LogP contribution in [0.1, 0.15) is 22.9 Å². The van der Waals surface area contributed by atoms with Crippen molar-refractivity contribution in [2.75, 3.05) is 10.2 Å². The van der Waals surface area contributed by atoms with Crippen LogP contribution in [0.3, 0.4) is 0 Å². The lowest BCUT2D eigenvalue weighted by atomic mass is 9.93. The van der Waals surface area contributed by atoms with E-state index in [-0.39, 0.29) is 11.1 Å². The van der Waals surface area contributed by atoms with Gasteiger partial charge in [0.15, 0.2) is 17.5 Å². The van der Waals surface area contributed by atoms with Crippen LogP contribution in [0.5, 0.6) is 0 Å². The standard InChI is InChI=1S/C31H21Cl2FN6/c1-18-27-28(19-11-13-20(32)14-12-19)39-26-10-6-5-9-25(26)36-29(35-21-15-16-24(34)23(33)17-21)31(39)37-30(27)40(38-18)22-7-3-2-4-8-22/h2-17,28H,1H3,(H,35,36). The smallest absolute Gasteiger partial charge is 0.179 e. The highest BCUT2D eigenvalue weighted by Gasteiger charge is 2.41. The first kappa shape index (κ1) is 24.6. The zero-order chi connectivity index (χ0) is 27.4. The molecule has 3 heterocycles. The fourth-order valence-corrected chi connectivity index (χ4v) is 5.52. The summed E-state index contributed by atoms with van der Waals surface area (Å²) >= 11 is 12.4. The van der Waals surface area contributed by atoms with E-state index in [2.05, 4.69) is 10.2 Å². The zero-order valence-electron chi connectivity index (χ0n) is 21.2. The lowest BCUT2D eigenvalue weighted by Crippen LogP contribution is -2.46. The fourth-order valence-electron chi connectivity index (χ4n) is 5.22. The molecule has 1 unspecified atom stereocenters. The molecule has 0 fully saturated rings. The highest BCUT2D eigenvalue weighted by Crippen LogP contribution is 2.48. The molecule has 0 saturated carbocycles. The molecule has 196 valence electrons. The number of aryl methyl sites for hydroxylation is 1.